The van der Waals surface area contributed by atoms with Crippen LogP contribution in [0.3, 0.4) is 0 Å². The van der Waals surface area contributed by atoms with E-state index in [1.807, 2.05) is 36.4 Å². The molecule has 0 saturated carbocycles. The number of amides is 1. The second-order valence-electron chi connectivity index (χ2n) is 5.41. The van der Waals surface area contributed by atoms with Crippen LogP contribution in [0, 0.1) is 0 Å². The number of aromatic nitrogens is 2. The molecule has 24 heavy (non-hydrogen) atoms. The molecule has 1 aliphatic heterocycles. The lowest BCUT2D eigenvalue weighted by Gasteiger charge is -2.01. The van der Waals surface area contributed by atoms with Gasteiger partial charge in [-0.1, -0.05) is 48.0 Å². The maximum absolute atomic E-state index is 12.2. The molecule has 4 nitrogen and oxygen atoms in total. The Kier molecular flexibility index (Phi) is 3.59. The summed E-state index contributed by atoms with van der Waals surface area (Å²) in [6.45, 7) is 0. The number of halogens is 1. The van der Waals surface area contributed by atoms with Crippen LogP contribution in [0.15, 0.2) is 60.9 Å². The summed E-state index contributed by atoms with van der Waals surface area (Å²) in [5.41, 5.74) is 3.85. The standard InChI is InChI=1S/C19H12ClN3O/c20-14-6-7-15-16(19(24)23-17(15)9-14)8-12-10-21-18(22-11-12)13-4-2-1-3-5-13/h1-11H,(H,23,24)/b16-8-. The summed E-state index contributed by atoms with van der Waals surface area (Å²) < 4.78 is 0. The first kappa shape index (κ1) is 14.6. The van der Waals surface area contributed by atoms with Gasteiger partial charge in [-0.2, -0.15) is 0 Å². The third-order valence-corrected chi connectivity index (χ3v) is 4.01. The number of benzene rings is 2. The van der Waals surface area contributed by atoms with E-state index < -0.39 is 0 Å². The van der Waals surface area contributed by atoms with Crippen LogP contribution in [0.25, 0.3) is 23.0 Å². The largest absolute Gasteiger partial charge is 0.321 e. The van der Waals surface area contributed by atoms with Crippen molar-refractivity contribution in [3.8, 4) is 11.4 Å². The molecule has 1 N–H and O–H groups in total. The van der Waals surface area contributed by atoms with Crippen LogP contribution in [0.1, 0.15) is 11.1 Å². The van der Waals surface area contributed by atoms with Gasteiger partial charge in [0.1, 0.15) is 0 Å². The molecule has 0 bridgehead atoms. The fourth-order valence-electron chi connectivity index (χ4n) is 2.63. The van der Waals surface area contributed by atoms with Crippen molar-refractivity contribution in [2.45, 2.75) is 0 Å². The lowest BCUT2D eigenvalue weighted by molar-refractivity contribution is -0.110. The number of anilines is 1. The van der Waals surface area contributed by atoms with Crippen molar-refractivity contribution in [1.29, 1.82) is 0 Å². The van der Waals surface area contributed by atoms with Crippen LogP contribution >= 0.6 is 11.6 Å². The molecule has 4 rings (SSSR count). The average molecular weight is 334 g/mol. The van der Waals surface area contributed by atoms with Crippen molar-refractivity contribution in [3.05, 3.63) is 77.1 Å². The van der Waals surface area contributed by atoms with Crippen LogP contribution < -0.4 is 5.32 Å². The quantitative estimate of drug-likeness (QED) is 0.712. The Bertz CT molecular complexity index is 950. The van der Waals surface area contributed by atoms with E-state index in [2.05, 4.69) is 15.3 Å². The van der Waals surface area contributed by atoms with Crippen molar-refractivity contribution < 1.29 is 4.79 Å². The zero-order chi connectivity index (χ0) is 16.5. The minimum Gasteiger partial charge on any atom is -0.321 e. The highest BCUT2D eigenvalue weighted by molar-refractivity contribution is 6.36. The molecule has 1 aliphatic rings. The summed E-state index contributed by atoms with van der Waals surface area (Å²) in [4.78, 5) is 20.9. The Morgan fingerprint density at radius 2 is 1.75 bits per heavy atom. The number of hydrogen-bond acceptors (Lipinski definition) is 3. The maximum atomic E-state index is 12.2. The summed E-state index contributed by atoms with van der Waals surface area (Å²) in [6, 6.07) is 15.1. The van der Waals surface area contributed by atoms with Crippen molar-refractivity contribution in [2.75, 3.05) is 5.32 Å². The van der Waals surface area contributed by atoms with E-state index >= 15 is 0 Å². The highest BCUT2D eigenvalue weighted by atomic mass is 35.5. The van der Waals surface area contributed by atoms with Gasteiger partial charge < -0.3 is 5.32 Å². The first-order chi connectivity index (χ1) is 11.7. The first-order valence-corrected chi connectivity index (χ1v) is 7.79. The highest BCUT2D eigenvalue weighted by Crippen LogP contribution is 2.34. The van der Waals surface area contributed by atoms with E-state index in [9.17, 15) is 4.79 Å². The van der Waals surface area contributed by atoms with E-state index in [1.54, 1.807) is 30.6 Å². The summed E-state index contributed by atoms with van der Waals surface area (Å²) in [5.74, 6) is 0.500. The van der Waals surface area contributed by atoms with Gasteiger partial charge in [0.2, 0.25) is 0 Å². The Balaban J connectivity index is 1.68. The molecule has 0 radical (unpaired) electrons. The van der Waals surface area contributed by atoms with Crippen LogP contribution in [-0.2, 0) is 4.79 Å². The first-order valence-electron chi connectivity index (χ1n) is 7.41. The summed E-state index contributed by atoms with van der Waals surface area (Å²) in [6.07, 6.45) is 5.21. The van der Waals surface area contributed by atoms with Gasteiger partial charge in [0.05, 0.1) is 5.69 Å². The van der Waals surface area contributed by atoms with E-state index in [4.69, 9.17) is 11.6 Å². The third-order valence-electron chi connectivity index (χ3n) is 3.78. The number of rotatable bonds is 2. The van der Waals surface area contributed by atoms with Gasteiger partial charge in [-0.25, -0.2) is 9.97 Å². The normalized spacial score (nSPS) is 14.5. The Hall–Kier alpha value is -2.98. The topological polar surface area (TPSA) is 54.9 Å². The molecule has 116 valence electrons. The molecule has 0 unspecified atom stereocenters. The monoisotopic (exact) mass is 333 g/mol. The zero-order valence-corrected chi connectivity index (χ0v) is 13.3. The fraction of sp³-hybridized carbons (Fsp3) is 0. The molecular formula is C19H12ClN3O. The average Bonchev–Trinajstić information content (AvgIpc) is 2.91. The number of nitrogens with one attached hydrogen (secondary N) is 1. The van der Waals surface area contributed by atoms with Crippen molar-refractivity contribution in [1.82, 2.24) is 9.97 Å². The molecule has 0 saturated heterocycles. The van der Waals surface area contributed by atoms with Crippen LogP contribution in [0.5, 0.6) is 0 Å². The Labute approximate surface area is 143 Å². The zero-order valence-electron chi connectivity index (χ0n) is 12.5. The second-order valence-corrected chi connectivity index (χ2v) is 5.84. The van der Waals surface area contributed by atoms with Gasteiger partial charge >= 0.3 is 0 Å². The number of nitrogens with zero attached hydrogens (tertiary/aromatic N) is 2. The predicted octanol–water partition coefficient (Wildman–Crippen LogP) is 4.29. The van der Waals surface area contributed by atoms with Gasteiger partial charge in [-0.3, -0.25) is 4.79 Å². The van der Waals surface area contributed by atoms with Crippen molar-refractivity contribution in [3.63, 3.8) is 0 Å². The predicted molar refractivity (Wildman–Crippen MR) is 95.4 cm³/mol. The molecule has 1 aromatic heterocycles. The van der Waals surface area contributed by atoms with E-state index in [0.717, 1.165) is 22.4 Å². The second kappa shape index (κ2) is 5.91. The molecule has 2 aromatic carbocycles. The molecule has 0 spiro atoms. The molecule has 5 heteroatoms. The van der Waals surface area contributed by atoms with E-state index in [1.165, 1.54) is 0 Å². The summed E-state index contributed by atoms with van der Waals surface area (Å²) in [7, 11) is 0. The Morgan fingerprint density at radius 3 is 2.50 bits per heavy atom. The number of hydrogen-bond donors (Lipinski definition) is 1. The van der Waals surface area contributed by atoms with Crippen LogP contribution in [0.2, 0.25) is 5.02 Å². The fourth-order valence-corrected chi connectivity index (χ4v) is 2.80. The lowest BCUT2D eigenvalue weighted by atomic mass is 10.1. The molecule has 3 aromatic rings. The smallest absolute Gasteiger partial charge is 0.256 e. The van der Waals surface area contributed by atoms with Crippen molar-refractivity contribution >= 4 is 34.8 Å². The number of carbonyl (C=O) groups excluding carboxylic acids is 1. The Morgan fingerprint density at radius 1 is 1.00 bits per heavy atom. The summed E-state index contributed by atoms with van der Waals surface area (Å²) >= 11 is 5.96. The minimum absolute atomic E-state index is 0.153. The molecule has 1 amide bonds. The van der Waals surface area contributed by atoms with E-state index in [-0.39, 0.29) is 5.91 Å². The number of fused-ring (bicyclic) bond motifs is 1. The molecule has 0 atom stereocenters. The SMILES string of the molecule is O=C1Nc2cc(Cl)ccc2/C1=C/c1cnc(-c2ccccc2)nc1. The number of carbonyl (C=O) groups is 1. The third kappa shape index (κ3) is 2.68. The highest BCUT2D eigenvalue weighted by Gasteiger charge is 2.24. The minimum atomic E-state index is -0.153. The van der Waals surface area contributed by atoms with Crippen LogP contribution in [0.4, 0.5) is 5.69 Å². The van der Waals surface area contributed by atoms with Gasteiger partial charge in [0, 0.05) is 39.7 Å². The van der Waals surface area contributed by atoms with Gasteiger partial charge in [-0.15, -0.1) is 0 Å². The molecule has 0 aliphatic carbocycles. The van der Waals surface area contributed by atoms with Gasteiger partial charge in [0.25, 0.3) is 5.91 Å². The van der Waals surface area contributed by atoms with E-state index in [0.29, 0.717) is 16.4 Å². The van der Waals surface area contributed by atoms with Crippen molar-refractivity contribution in [2.24, 2.45) is 0 Å². The molecule has 0 fully saturated rings. The molecule has 2 heterocycles. The van der Waals surface area contributed by atoms with Gasteiger partial charge in [-0.05, 0) is 18.2 Å². The van der Waals surface area contributed by atoms with Crippen LogP contribution in [-0.4, -0.2) is 15.9 Å². The lowest BCUT2D eigenvalue weighted by Crippen LogP contribution is -2.03. The molecular weight excluding hydrogens is 322 g/mol. The van der Waals surface area contributed by atoms with Gasteiger partial charge in [0.15, 0.2) is 5.82 Å². The summed E-state index contributed by atoms with van der Waals surface area (Å²) in [5, 5.41) is 3.40. The maximum Gasteiger partial charge on any atom is 0.256 e.